The zero-order chi connectivity index (χ0) is 14.5. The average Bonchev–Trinajstić information content (AvgIpc) is 3.12. The van der Waals surface area contributed by atoms with E-state index < -0.39 is 0 Å². The molecule has 0 radical (unpaired) electrons. The van der Waals surface area contributed by atoms with Crippen molar-refractivity contribution in [3.63, 3.8) is 0 Å². The Morgan fingerprint density at radius 2 is 1.90 bits per heavy atom. The number of rotatable bonds is 6. The lowest BCUT2D eigenvalue weighted by Crippen LogP contribution is -2.17. The fraction of sp³-hybridized carbons (Fsp3) is 0.250. The van der Waals surface area contributed by atoms with Gasteiger partial charge in [-0.2, -0.15) is 4.98 Å². The summed E-state index contributed by atoms with van der Waals surface area (Å²) in [5, 5.41) is 4.03. The van der Waals surface area contributed by atoms with Crippen molar-refractivity contribution < 1.29 is 8.94 Å². The third-order valence-electron chi connectivity index (χ3n) is 3.13. The first-order valence-corrected chi connectivity index (χ1v) is 6.86. The van der Waals surface area contributed by atoms with E-state index in [1.54, 1.807) is 6.26 Å². The summed E-state index contributed by atoms with van der Waals surface area (Å²) in [6, 6.07) is 14.0. The molecule has 5 heteroatoms. The minimum atomic E-state index is 0.600. The van der Waals surface area contributed by atoms with Crippen molar-refractivity contribution in [1.29, 1.82) is 0 Å². The fourth-order valence-electron chi connectivity index (χ4n) is 2.16. The number of aromatic nitrogens is 2. The molecule has 0 aliphatic carbocycles. The molecule has 2 aromatic heterocycles. The van der Waals surface area contributed by atoms with Gasteiger partial charge in [0.05, 0.1) is 19.4 Å². The zero-order valence-electron chi connectivity index (χ0n) is 11.9. The molecule has 3 aromatic rings. The van der Waals surface area contributed by atoms with Gasteiger partial charge in [-0.1, -0.05) is 35.5 Å². The summed E-state index contributed by atoms with van der Waals surface area (Å²) in [6.45, 7) is 1.31. The van der Waals surface area contributed by atoms with E-state index in [1.807, 2.05) is 37.4 Å². The highest BCUT2D eigenvalue weighted by atomic mass is 16.5. The van der Waals surface area contributed by atoms with E-state index >= 15 is 0 Å². The number of hydrogen-bond donors (Lipinski definition) is 0. The van der Waals surface area contributed by atoms with E-state index in [9.17, 15) is 0 Å². The van der Waals surface area contributed by atoms with Crippen molar-refractivity contribution in [2.24, 2.45) is 0 Å². The summed E-state index contributed by atoms with van der Waals surface area (Å²) in [4.78, 5) is 6.49. The average molecular weight is 283 g/mol. The second-order valence-electron chi connectivity index (χ2n) is 5.02. The molecule has 0 bridgehead atoms. The van der Waals surface area contributed by atoms with Crippen molar-refractivity contribution in [3.8, 4) is 0 Å². The molecule has 0 amide bonds. The van der Waals surface area contributed by atoms with E-state index in [-0.39, 0.29) is 0 Å². The van der Waals surface area contributed by atoms with E-state index in [4.69, 9.17) is 8.94 Å². The minimum Gasteiger partial charge on any atom is -0.468 e. The predicted octanol–water partition coefficient (Wildman–Crippen LogP) is 2.89. The Hall–Kier alpha value is -2.40. The molecule has 0 unspecified atom stereocenters. The van der Waals surface area contributed by atoms with Crippen LogP contribution in [0.3, 0.4) is 0 Å². The van der Waals surface area contributed by atoms with Crippen molar-refractivity contribution >= 4 is 0 Å². The van der Waals surface area contributed by atoms with Gasteiger partial charge in [-0.25, -0.2) is 0 Å². The van der Waals surface area contributed by atoms with Crippen LogP contribution >= 0.6 is 0 Å². The van der Waals surface area contributed by atoms with Crippen LogP contribution in [-0.2, 0) is 19.5 Å². The lowest BCUT2D eigenvalue weighted by Gasteiger charge is -2.11. The van der Waals surface area contributed by atoms with Gasteiger partial charge in [0.25, 0.3) is 0 Å². The molecule has 0 fully saturated rings. The SMILES string of the molecule is CN(Cc1ccco1)Cc1nc(Cc2ccccc2)no1. The van der Waals surface area contributed by atoms with Crippen LogP contribution in [-0.4, -0.2) is 22.1 Å². The van der Waals surface area contributed by atoms with E-state index in [0.717, 1.165) is 5.76 Å². The van der Waals surface area contributed by atoms with Gasteiger partial charge >= 0.3 is 0 Å². The molecule has 108 valence electrons. The van der Waals surface area contributed by atoms with Crippen molar-refractivity contribution in [3.05, 3.63) is 71.8 Å². The van der Waals surface area contributed by atoms with Crippen LogP contribution in [0.2, 0.25) is 0 Å². The monoisotopic (exact) mass is 283 g/mol. The van der Waals surface area contributed by atoms with Crippen molar-refractivity contribution in [1.82, 2.24) is 15.0 Å². The van der Waals surface area contributed by atoms with Gasteiger partial charge in [0.2, 0.25) is 5.89 Å². The summed E-state index contributed by atoms with van der Waals surface area (Å²) in [5.74, 6) is 2.25. The van der Waals surface area contributed by atoms with Crippen LogP contribution in [0.5, 0.6) is 0 Å². The quantitative estimate of drug-likeness (QED) is 0.696. The largest absolute Gasteiger partial charge is 0.468 e. The molecule has 0 atom stereocenters. The van der Waals surface area contributed by atoms with Gasteiger partial charge in [0.15, 0.2) is 5.82 Å². The number of furan rings is 1. The van der Waals surface area contributed by atoms with Gasteiger partial charge in [0, 0.05) is 6.42 Å². The third-order valence-corrected chi connectivity index (χ3v) is 3.13. The van der Waals surface area contributed by atoms with Crippen LogP contribution in [0, 0.1) is 0 Å². The number of benzene rings is 1. The molecule has 2 heterocycles. The highest BCUT2D eigenvalue weighted by Crippen LogP contribution is 2.10. The summed E-state index contributed by atoms with van der Waals surface area (Å²) < 4.78 is 10.6. The molecule has 0 spiro atoms. The zero-order valence-corrected chi connectivity index (χ0v) is 11.9. The first kappa shape index (κ1) is 13.6. The smallest absolute Gasteiger partial charge is 0.240 e. The second kappa shape index (κ2) is 6.37. The number of hydrogen-bond acceptors (Lipinski definition) is 5. The Balaban J connectivity index is 1.57. The Labute approximate surface area is 123 Å². The topological polar surface area (TPSA) is 55.3 Å². The Kier molecular flexibility index (Phi) is 4.12. The molecule has 21 heavy (non-hydrogen) atoms. The van der Waals surface area contributed by atoms with Crippen molar-refractivity contribution in [2.45, 2.75) is 19.5 Å². The molecule has 0 aliphatic heterocycles. The van der Waals surface area contributed by atoms with Crippen LogP contribution in [0.1, 0.15) is 23.0 Å². The Morgan fingerprint density at radius 3 is 2.67 bits per heavy atom. The molecule has 0 aliphatic rings. The molecular weight excluding hydrogens is 266 g/mol. The van der Waals surface area contributed by atoms with E-state index in [1.165, 1.54) is 5.56 Å². The highest BCUT2D eigenvalue weighted by Gasteiger charge is 2.10. The van der Waals surface area contributed by atoms with Crippen LogP contribution in [0.15, 0.2) is 57.7 Å². The Bertz CT molecular complexity index is 662. The molecule has 1 aromatic carbocycles. The maximum atomic E-state index is 5.32. The van der Waals surface area contributed by atoms with Crippen LogP contribution < -0.4 is 0 Å². The highest BCUT2D eigenvalue weighted by molar-refractivity contribution is 5.18. The van der Waals surface area contributed by atoms with Crippen LogP contribution in [0.4, 0.5) is 0 Å². The molecule has 3 rings (SSSR count). The second-order valence-corrected chi connectivity index (χ2v) is 5.02. The van der Waals surface area contributed by atoms with Gasteiger partial charge in [0.1, 0.15) is 5.76 Å². The first-order valence-electron chi connectivity index (χ1n) is 6.86. The maximum absolute atomic E-state index is 5.32. The first-order chi connectivity index (χ1) is 10.3. The standard InChI is InChI=1S/C16H17N3O2/c1-19(11-14-8-5-9-20-14)12-16-17-15(18-21-16)10-13-6-3-2-4-7-13/h2-9H,10-12H2,1H3. The van der Waals surface area contributed by atoms with Gasteiger partial charge < -0.3 is 8.94 Å². The summed E-state index contributed by atoms with van der Waals surface area (Å²) >= 11 is 0. The molecule has 0 saturated heterocycles. The third kappa shape index (κ3) is 3.79. The van der Waals surface area contributed by atoms with Gasteiger partial charge in [-0.05, 0) is 24.7 Å². The summed E-state index contributed by atoms with van der Waals surface area (Å²) in [6.07, 6.45) is 2.36. The summed E-state index contributed by atoms with van der Waals surface area (Å²) in [7, 11) is 1.99. The lowest BCUT2D eigenvalue weighted by atomic mass is 10.1. The molecule has 0 saturated carbocycles. The Morgan fingerprint density at radius 1 is 1.05 bits per heavy atom. The van der Waals surface area contributed by atoms with Crippen molar-refractivity contribution in [2.75, 3.05) is 7.05 Å². The number of nitrogens with zero attached hydrogens (tertiary/aromatic N) is 3. The normalized spacial score (nSPS) is 11.1. The van der Waals surface area contributed by atoms with E-state index in [2.05, 4.69) is 27.2 Å². The fourth-order valence-corrected chi connectivity index (χ4v) is 2.16. The van der Waals surface area contributed by atoms with Gasteiger partial charge in [-0.15, -0.1) is 0 Å². The molecule has 0 N–H and O–H groups in total. The summed E-state index contributed by atoms with van der Waals surface area (Å²) in [5.41, 5.74) is 1.17. The van der Waals surface area contributed by atoms with E-state index in [0.29, 0.717) is 31.2 Å². The van der Waals surface area contributed by atoms with Gasteiger partial charge in [-0.3, -0.25) is 4.90 Å². The molecular formula is C16H17N3O2. The molecule has 5 nitrogen and oxygen atoms in total. The minimum absolute atomic E-state index is 0.600. The predicted molar refractivity (Wildman–Crippen MR) is 77.4 cm³/mol. The lowest BCUT2D eigenvalue weighted by molar-refractivity contribution is 0.244. The van der Waals surface area contributed by atoms with Crippen LogP contribution in [0.25, 0.3) is 0 Å². The maximum Gasteiger partial charge on any atom is 0.240 e.